The Morgan fingerprint density at radius 3 is 3.06 bits per heavy atom. The van der Waals surface area contributed by atoms with E-state index in [0.29, 0.717) is 5.25 Å². The van der Waals surface area contributed by atoms with Crippen molar-refractivity contribution in [2.45, 2.75) is 25.5 Å². The number of rotatable bonds is 7. The summed E-state index contributed by atoms with van der Waals surface area (Å²) in [6, 6.07) is 3.85. The third-order valence-electron chi connectivity index (χ3n) is 2.19. The van der Waals surface area contributed by atoms with Gasteiger partial charge in [0.15, 0.2) is 11.6 Å². The first kappa shape index (κ1) is 13.2. The molecule has 0 amide bonds. The molecule has 1 rings (SSSR count). The van der Waals surface area contributed by atoms with Gasteiger partial charge >= 0.3 is 0 Å². The van der Waals surface area contributed by atoms with Gasteiger partial charge in [-0.15, -0.1) is 0 Å². The Bertz CT molecular complexity index is 307. The molecular weight excluding hydrogens is 220 g/mol. The molecule has 0 aliphatic heterocycles. The average molecular weight is 240 g/mol. The lowest BCUT2D eigenvalue weighted by Gasteiger charge is -2.13. The van der Waals surface area contributed by atoms with Crippen molar-refractivity contribution in [2.75, 3.05) is 24.7 Å². The number of nitrogens with zero attached hydrogens (tertiary/aromatic N) is 1. The second-order valence-corrected chi connectivity index (χ2v) is 4.90. The zero-order valence-electron chi connectivity index (χ0n) is 10.2. The highest BCUT2D eigenvalue weighted by atomic mass is 32.2. The van der Waals surface area contributed by atoms with Crippen LogP contribution in [0.1, 0.15) is 20.3 Å². The fourth-order valence-electron chi connectivity index (χ4n) is 1.18. The van der Waals surface area contributed by atoms with Crippen molar-refractivity contribution >= 4 is 17.6 Å². The van der Waals surface area contributed by atoms with Gasteiger partial charge in [-0.2, -0.15) is 11.8 Å². The van der Waals surface area contributed by atoms with Crippen LogP contribution in [0, 0.1) is 0 Å². The molecule has 1 aromatic heterocycles. The third-order valence-corrected chi connectivity index (χ3v) is 3.16. The summed E-state index contributed by atoms with van der Waals surface area (Å²) in [7, 11) is 0. The number of hydrogen-bond acceptors (Lipinski definition) is 4. The molecule has 0 aliphatic carbocycles. The third kappa shape index (κ3) is 4.31. The fraction of sp³-hybridized carbons (Fsp3) is 0.583. The van der Waals surface area contributed by atoms with E-state index < -0.39 is 0 Å². The first-order valence-electron chi connectivity index (χ1n) is 5.62. The predicted molar refractivity (Wildman–Crippen MR) is 71.5 cm³/mol. The second kappa shape index (κ2) is 7.39. The van der Waals surface area contributed by atoms with Crippen molar-refractivity contribution in [3.05, 3.63) is 18.3 Å². The minimum Gasteiger partial charge on any atom is -0.490 e. The molecule has 0 radical (unpaired) electrons. The number of hydrogen-bond donors (Lipinski definition) is 1. The summed E-state index contributed by atoms with van der Waals surface area (Å²) in [5.41, 5.74) is 0. The van der Waals surface area contributed by atoms with Crippen LogP contribution in [-0.2, 0) is 0 Å². The molecule has 0 fully saturated rings. The number of ether oxygens (including phenoxy) is 1. The molecule has 1 aromatic rings. The predicted octanol–water partition coefficient (Wildman–Crippen LogP) is 3.03. The molecule has 16 heavy (non-hydrogen) atoms. The van der Waals surface area contributed by atoms with Crippen LogP contribution in [0.5, 0.6) is 5.75 Å². The van der Waals surface area contributed by atoms with E-state index in [1.54, 1.807) is 6.20 Å². The lowest BCUT2D eigenvalue weighted by Crippen LogP contribution is -2.14. The highest BCUT2D eigenvalue weighted by Gasteiger charge is 2.05. The topological polar surface area (TPSA) is 34.1 Å². The van der Waals surface area contributed by atoms with Crippen molar-refractivity contribution in [2.24, 2.45) is 0 Å². The summed E-state index contributed by atoms with van der Waals surface area (Å²) in [5, 5.41) is 3.89. The van der Waals surface area contributed by atoms with Crippen molar-refractivity contribution in [1.29, 1.82) is 0 Å². The van der Waals surface area contributed by atoms with Gasteiger partial charge in [-0.1, -0.05) is 13.8 Å². The first-order valence-corrected chi connectivity index (χ1v) is 6.91. The van der Waals surface area contributed by atoms with Crippen molar-refractivity contribution in [3.8, 4) is 5.75 Å². The molecule has 0 saturated carbocycles. The zero-order chi connectivity index (χ0) is 11.8. The molecule has 3 nitrogen and oxygen atoms in total. The number of nitrogens with one attached hydrogen (secondary N) is 1. The Kier molecular flexibility index (Phi) is 6.08. The van der Waals surface area contributed by atoms with Crippen LogP contribution in [-0.4, -0.2) is 29.6 Å². The minimum absolute atomic E-state index is 0.570. The van der Waals surface area contributed by atoms with Gasteiger partial charge in [-0.25, -0.2) is 4.98 Å². The van der Waals surface area contributed by atoms with E-state index in [9.17, 15) is 0 Å². The summed E-state index contributed by atoms with van der Waals surface area (Å²) in [5.74, 6) is 1.69. The van der Waals surface area contributed by atoms with Crippen LogP contribution in [0.15, 0.2) is 18.3 Å². The molecule has 0 spiro atoms. The molecule has 1 heterocycles. The van der Waals surface area contributed by atoms with Crippen molar-refractivity contribution in [3.63, 3.8) is 0 Å². The van der Waals surface area contributed by atoms with Crippen LogP contribution >= 0.6 is 11.8 Å². The molecule has 1 N–H and O–H groups in total. The second-order valence-electron chi connectivity index (χ2n) is 3.63. The van der Waals surface area contributed by atoms with E-state index >= 15 is 0 Å². The van der Waals surface area contributed by atoms with Gasteiger partial charge in [0.2, 0.25) is 0 Å². The lowest BCUT2D eigenvalue weighted by molar-refractivity contribution is 0.318. The first-order chi connectivity index (χ1) is 7.77. The van der Waals surface area contributed by atoms with E-state index in [1.165, 1.54) is 0 Å². The number of pyridine rings is 1. The highest BCUT2D eigenvalue weighted by Crippen LogP contribution is 2.21. The number of aromatic nitrogens is 1. The SMILES string of the molecule is CCCOc1cccnc1NCC(C)SC. The average Bonchev–Trinajstić information content (AvgIpc) is 2.34. The van der Waals surface area contributed by atoms with Crippen LogP contribution in [0.25, 0.3) is 0 Å². The number of thioether (sulfide) groups is 1. The molecule has 1 atom stereocenters. The minimum atomic E-state index is 0.570. The molecule has 0 bridgehead atoms. The van der Waals surface area contributed by atoms with Gasteiger partial charge < -0.3 is 10.1 Å². The molecule has 0 aliphatic rings. The Morgan fingerprint density at radius 1 is 1.56 bits per heavy atom. The quantitative estimate of drug-likeness (QED) is 0.794. The van der Waals surface area contributed by atoms with Gasteiger partial charge in [0.25, 0.3) is 0 Å². The molecule has 4 heteroatoms. The van der Waals surface area contributed by atoms with Crippen molar-refractivity contribution < 1.29 is 4.74 Å². The van der Waals surface area contributed by atoms with E-state index in [-0.39, 0.29) is 0 Å². The Morgan fingerprint density at radius 2 is 2.38 bits per heavy atom. The maximum absolute atomic E-state index is 5.62. The fourth-order valence-corrected chi connectivity index (χ4v) is 1.43. The summed E-state index contributed by atoms with van der Waals surface area (Å²) in [6.45, 7) is 5.92. The Hall–Kier alpha value is -0.900. The van der Waals surface area contributed by atoms with E-state index in [0.717, 1.165) is 31.1 Å². The summed E-state index contributed by atoms with van der Waals surface area (Å²) in [4.78, 5) is 4.29. The van der Waals surface area contributed by atoms with Crippen LogP contribution < -0.4 is 10.1 Å². The molecular formula is C12H20N2OS. The molecule has 1 unspecified atom stereocenters. The Labute approximate surface area is 102 Å². The van der Waals surface area contributed by atoms with Gasteiger partial charge in [0.1, 0.15) is 0 Å². The monoisotopic (exact) mass is 240 g/mol. The van der Waals surface area contributed by atoms with Crippen LogP contribution in [0.2, 0.25) is 0 Å². The van der Waals surface area contributed by atoms with Crippen molar-refractivity contribution in [1.82, 2.24) is 4.98 Å². The Balaban J connectivity index is 2.56. The summed E-state index contributed by atoms with van der Waals surface area (Å²) < 4.78 is 5.62. The van der Waals surface area contributed by atoms with Crippen LogP contribution in [0.4, 0.5) is 5.82 Å². The number of anilines is 1. The summed E-state index contributed by atoms with van der Waals surface area (Å²) in [6.07, 6.45) is 4.90. The summed E-state index contributed by atoms with van der Waals surface area (Å²) >= 11 is 1.84. The normalized spacial score (nSPS) is 12.2. The smallest absolute Gasteiger partial charge is 0.168 e. The maximum atomic E-state index is 5.62. The molecule has 0 aromatic carbocycles. The lowest BCUT2D eigenvalue weighted by atomic mass is 10.4. The zero-order valence-corrected chi connectivity index (χ0v) is 11.0. The van der Waals surface area contributed by atoms with E-state index in [1.807, 2.05) is 23.9 Å². The van der Waals surface area contributed by atoms with E-state index in [2.05, 4.69) is 30.4 Å². The van der Waals surface area contributed by atoms with Gasteiger partial charge in [-0.05, 0) is 24.8 Å². The maximum Gasteiger partial charge on any atom is 0.168 e. The molecule has 0 saturated heterocycles. The largest absolute Gasteiger partial charge is 0.490 e. The highest BCUT2D eigenvalue weighted by molar-refractivity contribution is 7.99. The standard InChI is InChI=1S/C12H20N2OS/c1-4-8-15-11-6-5-7-13-12(11)14-9-10(2)16-3/h5-7,10H,4,8-9H2,1-3H3,(H,13,14). The van der Waals surface area contributed by atoms with Gasteiger partial charge in [0, 0.05) is 18.0 Å². The van der Waals surface area contributed by atoms with E-state index in [4.69, 9.17) is 4.74 Å². The van der Waals surface area contributed by atoms with Gasteiger partial charge in [-0.3, -0.25) is 0 Å². The van der Waals surface area contributed by atoms with Gasteiger partial charge in [0.05, 0.1) is 6.61 Å². The molecule has 90 valence electrons. The van der Waals surface area contributed by atoms with Crippen LogP contribution in [0.3, 0.4) is 0 Å².